The molecule has 182 valence electrons. The molecule has 0 bridgehead atoms. The SMILES string of the molecule is Cc1ccc(C(=O)CCCc2ccccc2)c2c(C(=O)O)ccc(C(=O)NCCc3ccccc3)c12. The summed E-state index contributed by atoms with van der Waals surface area (Å²) in [6, 6.07) is 26.3. The Morgan fingerprint density at radius 3 is 1.92 bits per heavy atom. The fourth-order valence-electron chi connectivity index (χ4n) is 4.56. The van der Waals surface area contributed by atoms with Crippen LogP contribution >= 0.6 is 0 Å². The van der Waals surface area contributed by atoms with Gasteiger partial charge in [-0.15, -0.1) is 0 Å². The van der Waals surface area contributed by atoms with E-state index in [-0.39, 0.29) is 17.3 Å². The highest BCUT2D eigenvalue weighted by Crippen LogP contribution is 2.31. The Kier molecular flexibility index (Phi) is 7.91. The first kappa shape index (κ1) is 24.9. The van der Waals surface area contributed by atoms with Gasteiger partial charge in [-0.1, -0.05) is 72.8 Å². The third kappa shape index (κ3) is 5.69. The molecule has 36 heavy (non-hydrogen) atoms. The number of rotatable bonds is 10. The molecule has 0 saturated heterocycles. The van der Waals surface area contributed by atoms with Gasteiger partial charge in [0.1, 0.15) is 0 Å². The first-order valence-electron chi connectivity index (χ1n) is 12.1. The van der Waals surface area contributed by atoms with E-state index in [1.165, 1.54) is 6.07 Å². The van der Waals surface area contributed by atoms with Gasteiger partial charge >= 0.3 is 5.97 Å². The number of fused-ring (bicyclic) bond motifs is 1. The molecule has 0 atom stereocenters. The molecule has 5 heteroatoms. The molecule has 4 aromatic carbocycles. The van der Waals surface area contributed by atoms with Crippen molar-refractivity contribution in [3.63, 3.8) is 0 Å². The van der Waals surface area contributed by atoms with Crippen LogP contribution in [0, 0.1) is 6.92 Å². The smallest absolute Gasteiger partial charge is 0.336 e. The molecule has 5 nitrogen and oxygen atoms in total. The van der Waals surface area contributed by atoms with E-state index in [9.17, 15) is 19.5 Å². The van der Waals surface area contributed by atoms with Crippen molar-refractivity contribution in [3.8, 4) is 0 Å². The Morgan fingerprint density at radius 1 is 0.694 bits per heavy atom. The predicted octanol–water partition coefficient (Wildman–Crippen LogP) is 6.02. The van der Waals surface area contributed by atoms with Crippen LogP contribution in [0.3, 0.4) is 0 Å². The summed E-state index contributed by atoms with van der Waals surface area (Å²) in [7, 11) is 0. The Hall–Kier alpha value is -4.25. The van der Waals surface area contributed by atoms with Crippen LogP contribution in [0.4, 0.5) is 0 Å². The maximum atomic E-state index is 13.3. The summed E-state index contributed by atoms with van der Waals surface area (Å²) in [6.07, 6.45) is 2.39. The lowest BCUT2D eigenvalue weighted by Gasteiger charge is -2.15. The second-order valence-corrected chi connectivity index (χ2v) is 8.90. The van der Waals surface area contributed by atoms with E-state index in [1.807, 2.05) is 67.6 Å². The van der Waals surface area contributed by atoms with E-state index >= 15 is 0 Å². The lowest BCUT2D eigenvalue weighted by molar-refractivity contribution is 0.0698. The molecule has 4 rings (SSSR count). The molecule has 0 unspecified atom stereocenters. The zero-order valence-corrected chi connectivity index (χ0v) is 20.3. The maximum absolute atomic E-state index is 13.3. The summed E-state index contributed by atoms with van der Waals surface area (Å²) < 4.78 is 0. The van der Waals surface area contributed by atoms with Crippen molar-refractivity contribution in [3.05, 3.63) is 118 Å². The third-order valence-electron chi connectivity index (χ3n) is 6.40. The summed E-state index contributed by atoms with van der Waals surface area (Å²) in [5.74, 6) is -1.54. The minimum atomic E-state index is -1.13. The number of hydrogen-bond acceptors (Lipinski definition) is 3. The number of aryl methyl sites for hydroxylation is 2. The second kappa shape index (κ2) is 11.5. The highest BCUT2D eigenvalue weighted by atomic mass is 16.4. The van der Waals surface area contributed by atoms with Crippen molar-refractivity contribution in [2.45, 2.75) is 32.6 Å². The number of carbonyl (C=O) groups excluding carboxylic acids is 2. The number of carboxylic acids is 1. The van der Waals surface area contributed by atoms with Crippen LogP contribution < -0.4 is 5.32 Å². The van der Waals surface area contributed by atoms with E-state index < -0.39 is 5.97 Å². The number of ketones is 1. The van der Waals surface area contributed by atoms with Crippen molar-refractivity contribution in [2.75, 3.05) is 6.54 Å². The van der Waals surface area contributed by atoms with Gasteiger partial charge in [-0.3, -0.25) is 9.59 Å². The van der Waals surface area contributed by atoms with Gasteiger partial charge in [0.2, 0.25) is 0 Å². The zero-order chi connectivity index (χ0) is 25.5. The summed E-state index contributed by atoms with van der Waals surface area (Å²) in [5, 5.41) is 13.7. The van der Waals surface area contributed by atoms with Crippen molar-refractivity contribution in [1.29, 1.82) is 0 Å². The van der Waals surface area contributed by atoms with Crippen LogP contribution in [0.25, 0.3) is 10.8 Å². The van der Waals surface area contributed by atoms with Crippen LogP contribution in [0.5, 0.6) is 0 Å². The molecule has 0 aliphatic carbocycles. The summed E-state index contributed by atoms with van der Waals surface area (Å²) in [5.41, 5.74) is 3.77. The van der Waals surface area contributed by atoms with Gasteiger partial charge in [-0.25, -0.2) is 4.79 Å². The quantitative estimate of drug-likeness (QED) is 0.272. The Bertz CT molecular complexity index is 1390. The van der Waals surface area contributed by atoms with Crippen molar-refractivity contribution >= 4 is 28.4 Å². The number of nitrogens with one attached hydrogen (secondary N) is 1. The maximum Gasteiger partial charge on any atom is 0.336 e. The number of benzene rings is 4. The van der Waals surface area contributed by atoms with E-state index in [0.717, 1.165) is 23.1 Å². The largest absolute Gasteiger partial charge is 0.478 e. The first-order valence-corrected chi connectivity index (χ1v) is 12.1. The minimum Gasteiger partial charge on any atom is -0.478 e. The van der Waals surface area contributed by atoms with Crippen LogP contribution in [0.2, 0.25) is 0 Å². The average Bonchev–Trinajstić information content (AvgIpc) is 2.89. The van der Waals surface area contributed by atoms with Crippen molar-refractivity contribution in [2.24, 2.45) is 0 Å². The molecule has 0 aliphatic rings. The standard InChI is InChI=1S/C31H29NO4/c1-21-15-16-24(27(33)14-8-13-22-9-4-2-5-10-22)29-26(31(35)36)18-17-25(28(21)29)30(34)32-20-19-23-11-6-3-7-12-23/h2-7,9-12,15-18H,8,13-14,19-20H2,1H3,(H,32,34)(H,35,36). The number of aromatic carboxylic acids is 1. The van der Waals surface area contributed by atoms with Gasteiger partial charge in [0, 0.05) is 29.5 Å². The number of hydrogen-bond donors (Lipinski definition) is 2. The molecule has 0 spiro atoms. The highest BCUT2D eigenvalue weighted by molar-refractivity contribution is 6.20. The van der Waals surface area contributed by atoms with Gasteiger partial charge in [0.15, 0.2) is 5.78 Å². The number of carboxylic acid groups (broad SMARTS) is 1. The van der Waals surface area contributed by atoms with Crippen LogP contribution in [-0.4, -0.2) is 29.3 Å². The van der Waals surface area contributed by atoms with E-state index in [0.29, 0.717) is 47.7 Å². The topological polar surface area (TPSA) is 83.5 Å². The van der Waals surface area contributed by atoms with Gasteiger partial charge < -0.3 is 10.4 Å². The van der Waals surface area contributed by atoms with Gasteiger partial charge in [0.25, 0.3) is 5.91 Å². The molecule has 0 aliphatic heterocycles. The third-order valence-corrected chi connectivity index (χ3v) is 6.40. The van der Waals surface area contributed by atoms with Gasteiger partial charge in [0.05, 0.1) is 5.56 Å². The van der Waals surface area contributed by atoms with E-state index in [1.54, 1.807) is 18.2 Å². The first-order chi connectivity index (χ1) is 17.5. The molecule has 0 radical (unpaired) electrons. The highest BCUT2D eigenvalue weighted by Gasteiger charge is 2.22. The van der Waals surface area contributed by atoms with E-state index in [2.05, 4.69) is 5.32 Å². The lowest BCUT2D eigenvalue weighted by atomic mass is 9.89. The molecule has 0 saturated carbocycles. The molecular weight excluding hydrogens is 450 g/mol. The minimum absolute atomic E-state index is 0.0287. The lowest BCUT2D eigenvalue weighted by Crippen LogP contribution is -2.26. The molecule has 0 aromatic heterocycles. The fraction of sp³-hybridized carbons (Fsp3) is 0.194. The Balaban J connectivity index is 1.61. The van der Waals surface area contributed by atoms with Gasteiger partial charge in [-0.05, 0) is 60.4 Å². The summed E-state index contributed by atoms with van der Waals surface area (Å²) >= 11 is 0. The number of carbonyl (C=O) groups is 3. The van der Waals surface area contributed by atoms with Gasteiger partial charge in [-0.2, -0.15) is 0 Å². The van der Waals surface area contributed by atoms with Crippen molar-refractivity contribution < 1.29 is 19.5 Å². The van der Waals surface area contributed by atoms with Crippen LogP contribution in [0.15, 0.2) is 84.9 Å². The molecule has 0 fully saturated rings. The monoisotopic (exact) mass is 479 g/mol. The predicted molar refractivity (Wildman–Crippen MR) is 142 cm³/mol. The average molecular weight is 480 g/mol. The summed E-state index contributed by atoms with van der Waals surface area (Å²) in [4.78, 5) is 38.5. The normalized spacial score (nSPS) is 10.8. The molecule has 1 amide bonds. The number of amides is 1. The van der Waals surface area contributed by atoms with Crippen molar-refractivity contribution in [1.82, 2.24) is 5.32 Å². The Morgan fingerprint density at radius 2 is 1.28 bits per heavy atom. The fourth-order valence-corrected chi connectivity index (χ4v) is 4.56. The van der Waals surface area contributed by atoms with Crippen LogP contribution in [-0.2, 0) is 12.8 Å². The van der Waals surface area contributed by atoms with Crippen LogP contribution in [0.1, 0.15) is 60.6 Å². The second-order valence-electron chi connectivity index (χ2n) is 8.90. The number of Topliss-reactive ketones (excluding diaryl/α,β-unsaturated/α-hetero) is 1. The molecule has 0 heterocycles. The van der Waals surface area contributed by atoms with E-state index in [4.69, 9.17) is 0 Å². The summed E-state index contributed by atoms with van der Waals surface area (Å²) in [6.45, 7) is 2.28. The zero-order valence-electron chi connectivity index (χ0n) is 20.3. The molecule has 2 N–H and O–H groups in total. The molecule has 4 aromatic rings. The Labute approximate surface area is 210 Å². The molecular formula is C31H29NO4.